The van der Waals surface area contributed by atoms with Crippen LogP contribution in [0.1, 0.15) is 19.3 Å². The highest BCUT2D eigenvalue weighted by Gasteiger charge is 2.26. The van der Waals surface area contributed by atoms with E-state index in [9.17, 15) is 4.79 Å². The van der Waals surface area contributed by atoms with E-state index in [-0.39, 0.29) is 5.56 Å². The summed E-state index contributed by atoms with van der Waals surface area (Å²) in [6.45, 7) is 1.83. The molecule has 3 heterocycles. The van der Waals surface area contributed by atoms with Crippen molar-refractivity contribution < 1.29 is 0 Å². The van der Waals surface area contributed by atoms with Crippen LogP contribution in [-0.4, -0.2) is 46.2 Å². The highest BCUT2D eigenvalue weighted by molar-refractivity contribution is 7.99. The van der Waals surface area contributed by atoms with Crippen LogP contribution < -0.4 is 15.8 Å². The van der Waals surface area contributed by atoms with Crippen LogP contribution in [0.5, 0.6) is 0 Å². The van der Waals surface area contributed by atoms with Crippen molar-refractivity contribution in [3.05, 3.63) is 22.7 Å². The van der Waals surface area contributed by atoms with Crippen molar-refractivity contribution in [3.63, 3.8) is 0 Å². The number of hydrogen-bond donors (Lipinski definition) is 1. The van der Waals surface area contributed by atoms with Gasteiger partial charge in [-0.05, 0) is 25.0 Å². The largest absolute Gasteiger partial charge is 0.350 e. The van der Waals surface area contributed by atoms with Crippen LogP contribution in [0, 0.1) is 0 Å². The Morgan fingerprint density at radius 1 is 1.40 bits per heavy atom. The summed E-state index contributed by atoms with van der Waals surface area (Å²) in [6, 6.07) is 1.13. The number of nitrogens with zero attached hydrogens (tertiary/aromatic N) is 3. The highest BCUT2D eigenvalue weighted by Crippen LogP contribution is 2.20. The second-order valence-electron chi connectivity index (χ2n) is 5.68. The van der Waals surface area contributed by atoms with E-state index in [1.165, 1.54) is 24.3 Å². The van der Waals surface area contributed by atoms with Crippen LogP contribution >= 0.6 is 11.8 Å². The average Bonchev–Trinajstić information content (AvgIpc) is 2.95. The maximum atomic E-state index is 12.2. The maximum absolute atomic E-state index is 12.2. The molecule has 110 valence electrons. The van der Waals surface area contributed by atoms with E-state index < -0.39 is 0 Å². The zero-order chi connectivity index (χ0) is 13.9. The molecule has 1 aromatic heterocycles. The normalized spacial score (nSPS) is 26.9. The molecular weight excluding hydrogens is 272 g/mol. The molecule has 0 saturated carbocycles. The minimum Gasteiger partial charge on any atom is -0.350 e. The van der Waals surface area contributed by atoms with E-state index in [0.29, 0.717) is 17.9 Å². The van der Waals surface area contributed by atoms with Crippen LogP contribution in [0.3, 0.4) is 0 Å². The first-order valence-corrected chi connectivity index (χ1v) is 8.50. The number of aromatic nitrogens is 2. The van der Waals surface area contributed by atoms with Crippen molar-refractivity contribution in [2.75, 3.05) is 29.5 Å². The molecule has 3 rings (SSSR count). The molecule has 0 aliphatic carbocycles. The molecule has 0 spiro atoms. The fourth-order valence-corrected chi connectivity index (χ4v) is 4.17. The quantitative estimate of drug-likeness (QED) is 0.895. The van der Waals surface area contributed by atoms with Gasteiger partial charge in [0.2, 0.25) is 0 Å². The molecule has 1 N–H and O–H groups in total. The minimum absolute atomic E-state index is 0.00423. The van der Waals surface area contributed by atoms with Gasteiger partial charge in [0.25, 0.3) is 5.56 Å². The van der Waals surface area contributed by atoms with E-state index in [4.69, 9.17) is 0 Å². The van der Waals surface area contributed by atoms with Gasteiger partial charge in [-0.2, -0.15) is 11.8 Å². The second-order valence-corrected chi connectivity index (χ2v) is 6.83. The molecule has 0 amide bonds. The highest BCUT2D eigenvalue weighted by atomic mass is 32.2. The summed E-state index contributed by atoms with van der Waals surface area (Å²) in [5, 5.41) is 3.75. The minimum atomic E-state index is 0.00423. The lowest BCUT2D eigenvalue weighted by atomic mass is 10.0. The summed E-state index contributed by atoms with van der Waals surface area (Å²) in [5.74, 6) is 3.10. The molecule has 2 fully saturated rings. The number of aryl methyl sites for hydroxylation is 1. The number of rotatable bonds is 3. The lowest BCUT2D eigenvalue weighted by Crippen LogP contribution is -2.50. The molecule has 6 heteroatoms. The van der Waals surface area contributed by atoms with E-state index in [1.54, 1.807) is 24.0 Å². The Hall–Kier alpha value is -1.01. The Bertz CT molecular complexity index is 512. The first-order valence-electron chi connectivity index (χ1n) is 7.34. The Balaban J connectivity index is 1.68. The summed E-state index contributed by atoms with van der Waals surface area (Å²) in [5.41, 5.74) is 0.00423. The summed E-state index contributed by atoms with van der Waals surface area (Å²) in [6.07, 6.45) is 7.01. The summed E-state index contributed by atoms with van der Waals surface area (Å²) in [7, 11) is 1.78. The van der Waals surface area contributed by atoms with Gasteiger partial charge in [-0.1, -0.05) is 0 Å². The predicted octanol–water partition coefficient (Wildman–Crippen LogP) is 0.844. The van der Waals surface area contributed by atoms with Crippen molar-refractivity contribution in [1.29, 1.82) is 0 Å². The van der Waals surface area contributed by atoms with Gasteiger partial charge in [0.1, 0.15) is 0 Å². The fourth-order valence-electron chi connectivity index (χ4n) is 3.01. The van der Waals surface area contributed by atoms with Crippen LogP contribution in [0.15, 0.2) is 17.2 Å². The molecule has 0 bridgehead atoms. The third-order valence-corrected chi connectivity index (χ3v) is 5.28. The first kappa shape index (κ1) is 13.9. The SMILES string of the molecule is Cn1ccnc(N2CCC[C@@H](N[C@@H]3CCSC3)C2)c1=O. The number of hydrogen-bond acceptors (Lipinski definition) is 5. The van der Waals surface area contributed by atoms with Crippen LogP contribution in [0.25, 0.3) is 0 Å². The summed E-state index contributed by atoms with van der Waals surface area (Å²) >= 11 is 2.03. The summed E-state index contributed by atoms with van der Waals surface area (Å²) < 4.78 is 1.60. The van der Waals surface area contributed by atoms with Crippen LogP contribution in [0.2, 0.25) is 0 Å². The molecule has 2 aliphatic heterocycles. The molecule has 1 aromatic rings. The van der Waals surface area contributed by atoms with Crippen molar-refractivity contribution in [1.82, 2.24) is 14.9 Å². The predicted molar refractivity (Wildman–Crippen MR) is 83.6 cm³/mol. The van der Waals surface area contributed by atoms with Crippen LogP contribution in [-0.2, 0) is 7.05 Å². The third kappa shape index (κ3) is 3.01. The topological polar surface area (TPSA) is 50.2 Å². The van der Waals surface area contributed by atoms with Crippen LogP contribution in [0.4, 0.5) is 5.82 Å². The number of nitrogens with one attached hydrogen (secondary N) is 1. The molecular formula is C14H22N4OS. The lowest BCUT2D eigenvalue weighted by Gasteiger charge is -2.35. The standard InChI is InChI=1S/C14H22N4OS/c1-17-7-5-15-13(14(17)19)18-6-2-3-11(9-18)16-12-4-8-20-10-12/h5,7,11-12,16H,2-4,6,8-10H2,1H3/t11-,12-/m1/s1. The van der Waals surface area contributed by atoms with E-state index in [0.717, 1.165) is 19.5 Å². The average molecular weight is 294 g/mol. The number of anilines is 1. The smallest absolute Gasteiger partial charge is 0.293 e. The molecule has 0 unspecified atom stereocenters. The molecule has 2 saturated heterocycles. The molecule has 20 heavy (non-hydrogen) atoms. The Morgan fingerprint density at radius 3 is 3.10 bits per heavy atom. The Labute approximate surface area is 123 Å². The van der Waals surface area contributed by atoms with Gasteiger partial charge in [-0.3, -0.25) is 4.79 Å². The first-order chi connectivity index (χ1) is 9.74. The lowest BCUT2D eigenvalue weighted by molar-refractivity contribution is 0.385. The molecule has 0 aromatic carbocycles. The van der Waals surface area contributed by atoms with Crippen molar-refractivity contribution in [2.24, 2.45) is 7.05 Å². The third-order valence-electron chi connectivity index (χ3n) is 4.12. The summed E-state index contributed by atoms with van der Waals surface area (Å²) in [4.78, 5) is 18.6. The number of thioether (sulfide) groups is 1. The van der Waals surface area contributed by atoms with Crippen molar-refractivity contribution >= 4 is 17.6 Å². The van der Waals surface area contributed by atoms with Gasteiger partial charge in [0.15, 0.2) is 5.82 Å². The van der Waals surface area contributed by atoms with Crippen molar-refractivity contribution in [2.45, 2.75) is 31.3 Å². The van der Waals surface area contributed by atoms with Crippen molar-refractivity contribution in [3.8, 4) is 0 Å². The monoisotopic (exact) mass is 294 g/mol. The molecule has 2 aliphatic rings. The zero-order valence-electron chi connectivity index (χ0n) is 11.9. The van der Waals surface area contributed by atoms with E-state index >= 15 is 0 Å². The van der Waals surface area contributed by atoms with Gasteiger partial charge < -0.3 is 14.8 Å². The van der Waals surface area contributed by atoms with E-state index in [2.05, 4.69) is 15.2 Å². The van der Waals surface area contributed by atoms with E-state index in [1.807, 2.05) is 11.8 Å². The Kier molecular flexibility index (Phi) is 4.31. The zero-order valence-corrected chi connectivity index (χ0v) is 12.7. The molecule has 5 nitrogen and oxygen atoms in total. The second kappa shape index (κ2) is 6.18. The Morgan fingerprint density at radius 2 is 2.30 bits per heavy atom. The molecule has 2 atom stereocenters. The molecule has 0 radical (unpaired) electrons. The van der Waals surface area contributed by atoms with Gasteiger partial charge in [0.05, 0.1) is 0 Å². The van der Waals surface area contributed by atoms with Gasteiger partial charge in [-0.25, -0.2) is 4.98 Å². The van der Waals surface area contributed by atoms with Gasteiger partial charge in [-0.15, -0.1) is 0 Å². The fraction of sp³-hybridized carbons (Fsp3) is 0.714. The van der Waals surface area contributed by atoms with Gasteiger partial charge >= 0.3 is 0 Å². The van der Waals surface area contributed by atoms with Gasteiger partial charge in [0, 0.05) is 50.4 Å². The number of piperidine rings is 1. The maximum Gasteiger partial charge on any atom is 0.293 e.